The fourth-order valence-corrected chi connectivity index (χ4v) is 3.61. The van der Waals surface area contributed by atoms with Crippen LogP contribution in [0.3, 0.4) is 0 Å². The molecule has 3 rings (SSSR count). The average Bonchev–Trinajstić information content (AvgIpc) is 3.16. The number of hydrogen-bond donors (Lipinski definition) is 1. The molecule has 0 unspecified atom stereocenters. The van der Waals surface area contributed by atoms with Crippen molar-refractivity contribution >= 4 is 29.1 Å². The Hall–Kier alpha value is -3.29. The second-order valence-electron chi connectivity index (χ2n) is 7.42. The van der Waals surface area contributed by atoms with Gasteiger partial charge in [0.15, 0.2) is 0 Å². The first kappa shape index (κ1) is 22.4. The van der Waals surface area contributed by atoms with Crippen molar-refractivity contribution in [2.75, 3.05) is 29.9 Å². The van der Waals surface area contributed by atoms with Gasteiger partial charge in [0.2, 0.25) is 17.7 Å². The third kappa shape index (κ3) is 5.07. The van der Waals surface area contributed by atoms with E-state index in [2.05, 4.69) is 5.32 Å². The van der Waals surface area contributed by atoms with E-state index in [1.165, 1.54) is 11.0 Å². The maximum Gasteiger partial charge on any atom is 0.244 e. The number of aryl methyl sites for hydroxylation is 1. The number of halogens is 2. The summed E-state index contributed by atoms with van der Waals surface area (Å²) in [5, 5.41) is 2.18. The van der Waals surface area contributed by atoms with Gasteiger partial charge < -0.3 is 15.1 Å². The molecule has 0 saturated carbocycles. The van der Waals surface area contributed by atoms with Crippen molar-refractivity contribution in [2.45, 2.75) is 26.7 Å². The van der Waals surface area contributed by atoms with Crippen molar-refractivity contribution in [1.82, 2.24) is 4.90 Å². The van der Waals surface area contributed by atoms with E-state index < -0.39 is 29.1 Å². The summed E-state index contributed by atoms with van der Waals surface area (Å²) >= 11 is 0. The zero-order valence-corrected chi connectivity index (χ0v) is 17.5. The van der Waals surface area contributed by atoms with Crippen molar-refractivity contribution in [3.05, 3.63) is 59.7 Å². The van der Waals surface area contributed by atoms with Crippen LogP contribution in [-0.2, 0) is 20.8 Å². The first-order valence-corrected chi connectivity index (χ1v) is 10.3. The minimum absolute atomic E-state index is 0.0500. The summed E-state index contributed by atoms with van der Waals surface area (Å²) in [6.07, 6.45) is 0.939. The maximum absolute atomic E-state index is 13.8. The molecule has 2 aromatic rings. The van der Waals surface area contributed by atoms with E-state index in [4.69, 9.17) is 0 Å². The van der Waals surface area contributed by atoms with Gasteiger partial charge in [0.05, 0.1) is 12.5 Å². The molecule has 31 heavy (non-hydrogen) atoms. The molecule has 1 aliphatic rings. The Morgan fingerprint density at radius 3 is 2.32 bits per heavy atom. The summed E-state index contributed by atoms with van der Waals surface area (Å²) in [4.78, 5) is 40.6. The summed E-state index contributed by atoms with van der Waals surface area (Å²) in [5.74, 6) is -3.58. The number of carbonyl (C=O) groups is 3. The number of carbonyl (C=O) groups excluding carboxylic acids is 3. The van der Waals surface area contributed by atoms with Crippen LogP contribution in [0.5, 0.6) is 0 Å². The lowest BCUT2D eigenvalue weighted by Crippen LogP contribution is -2.42. The molecule has 1 fully saturated rings. The molecule has 1 aliphatic heterocycles. The molecule has 6 nitrogen and oxygen atoms in total. The monoisotopic (exact) mass is 429 g/mol. The summed E-state index contributed by atoms with van der Waals surface area (Å²) < 4.78 is 27.5. The molecule has 0 aliphatic carbocycles. The molecule has 3 amide bonds. The van der Waals surface area contributed by atoms with Crippen molar-refractivity contribution in [3.63, 3.8) is 0 Å². The first-order valence-electron chi connectivity index (χ1n) is 10.3. The van der Waals surface area contributed by atoms with Gasteiger partial charge in [-0.2, -0.15) is 0 Å². The van der Waals surface area contributed by atoms with Gasteiger partial charge in [-0.25, -0.2) is 8.78 Å². The molecular formula is C23H25F2N3O3. The average molecular weight is 429 g/mol. The van der Waals surface area contributed by atoms with Crippen LogP contribution in [0.1, 0.15) is 25.8 Å². The quantitative estimate of drug-likeness (QED) is 0.734. The Morgan fingerprint density at radius 2 is 1.74 bits per heavy atom. The number of nitrogens with one attached hydrogen (secondary N) is 1. The molecular weight excluding hydrogens is 404 g/mol. The van der Waals surface area contributed by atoms with E-state index in [1.807, 2.05) is 31.2 Å². The number of amides is 3. The fourth-order valence-electron chi connectivity index (χ4n) is 3.61. The van der Waals surface area contributed by atoms with Gasteiger partial charge in [-0.3, -0.25) is 14.4 Å². The molecule has 0 spiro atoms. The van der Waals surface area contributed by atoms with E-state index >= 15 is 0 Å². The Bertz CT molecular complexity index is 958. The lowest BCUT2D eigenvalue weighted by molar-refractivity contribution is -0.138. The lowest BCUT2D eigenvalue weighted by Gasteiger charge is -2.24. The van der Waals surface area contributed by atoms with Crippen molar-refractivity contribution in [2.24, 2.45) is 5.92 Å². The van der Waals surface area contributed by atoms with Gasteiger partial charge >= 0.3 is 0 Å². The second kappa shape index (κ2) is 9.68. The zero-order chi connectivity index (χ0) is 22.5. The molecule has 1 saturated heterocycles. The molecule has 1 heterocycles. The van der Waals surface area contributed by atoms with Gasteiger partial charge in [0, 0.05) is 25.2 Å². The van der Waals surface area contributed by atoms with Crippen LogP contribution in [-0.4, -0.2) is 42.3 Å². The Kier molecular flexibility index (Phi) is 6.99. The Balaban J connectivity index is 1.64. The summed E-state index contributed by atoms with van der Waals surface area (Å²) in [5.41, 5.74) is 1.33. The molecule has 0 bridgehead atoms. The number of benzene rings is 2. The molecule has 8 heteroatoms. The topological polar surface area (TPSA) is 69.7 Å². The highest BCUT2D eigenvalue weighted by Crippen LogP contribution is 2.27. The third-order valence-corrected chi connectivity index (χ3v) is 5.39. The second-order valence-corrected chi connectivity index (χ2v) is 7.42. The highest BCUT2D eigenvalue weighted by atomic mass is 19.1. The number of nitrogens with zero attached hydrogens (tertiary/aromatic N) is 2. The van der Waals surface area contributed by atoms with E-state index in [9.17, 15) is 23.2 Å². The Morgan fingerprint density at radius 1 is 1.10 bits per heavy atom. The van der Waals surface area contributed by atoms with Crippen LogP contribution < -0.4 is 10.2 Å². The minimum atomic E-state index is -0.895. The normalized spacial score (nSPS) is 15.8. The molecule has 0 aromatic heterocycles. The highest BCUT2D eigenvalue weighted by molar-refractivity contribution is 6.01. The van der Waals surface area contributed by atoms with Crippen molar-refractivity contribution < 1.29 is 23.2 Å². The van der Waals surface area contributed by atoms with Gasteiger partial charge in [-0.05, 0) is 43.2 Å². The van der Waals surface area contributed by atoms with Crippen molar-refractivity contribution in [1.29, 1.82) is 0 Å². The van der Waals surface area contributed by atoms with Crippen LogP contribution in [0, 0.1) is 17.6 Å². The van der Waals surface area contributed by atoms with Gasteiger partial charge in [0.1, 0.15) is 17.3 Å². The van der Waals surface area contributed by atoms with E-state index in [0.29, 0.717) is 0 Å². The predicted octanol–water partition coefficient (Wildman–Crippen LogP) is 3.37. The van der Waals surface area contributed by atoms with Crippen LogP contribution in [0.4, 0.5) is 20.2 Å². The SMILES string of the molecule is CCc1ccc(N2C[C@H](C(=O)N(CC)CC(=O)Nc3c(F)cccc3F)CC2=O)cc1. The van der Waals surface area contributed by atoms with Crippen LogP contribution in [0.2, 0.25) is 0 Å². The van der Waals surface area contributed by atoms with E-state index in [0.717, 1.165) is 29.8 Å². The Labute approximate surface area is 179 Å². The van der Waals surface area contributed by atoms with E-state index in [-0.39, 0.29) is 37.9 Å². The first-order chi connectivity index (χ1) is 14.8. The molecule has 1 atom stereocenters. The summed E-state index contributed by atoms with van der Waals surface area (Å²) in [6.45, 7) is 3.83. The van der Waals surface area contributed by atoms with Gasteiger partial charge in [-0.15, -0.1) is 0 Å². The standard InChI is InChI=1S/C23H25F2N3O3/c1-3-15-8-10-17(11-9-15)28-13-16(12-21(28)30)23(31)27(4-2)14-20(29)26-22-18(24)6-5-7-19(22)25/h5-11,16H,3-4,12-14H2,1-2H3,(H,26,29)/t16-/m1/s1. The molecule has 2 aromatic carbocycles. The summed E-state index contributed by atoms with van der Waals surface area (Å²) in [7, 11) is 0. The van der Waals surface area contributed by atoms with E-state index in [1.54, 1.807) is 11.8 Å². The van der Waals surface area contributed by atoms with Crippen LogP contribution >= 0.6 is 0 Å². The number of rotatable bonds is 7. The predicted molar refractivity (Wildman–Crippen MR) is 114 cm³/mol. The molecule has 164 valence electrons. The minimum Gasteiger partial charge on any atom is -0.333 e. The van der Waals surface area contributed by atoms with Gasteiger partial charge in [-0.1, -0.05) is 25.1 Å². The fraction of sp³-hybridized carbons (Fsp3) is 0.348. The lowest BCUT2D eigenvalue weighted by atomic mass is 10.1. The number of para-hydroxylation sites is 1. The number of likely N-dealkylation sites (N-methyl/N-ethyl adjacent to an activating group) is 1. The third-order valence-electron chi connectivity index (χ3n) is 5.39. The van der Waals surface area contributed by atoms with Crippen LogP contribution in [0.15, 0.2) is 42.5 Å². The number of anilines is 2. The number of hydrogen-bond acceptors (Lipinski definition) is 3. The largest absolute Gasteiger partial charge is 0.333 e. The molecule has 1 N–H and O–H groups in total. The summed E-state index contributed by atoms with van der Waals surface area (Å²) in [6, 6.07) is 10.9. The van der Waals surface area contributed by atoms with Gasteiger partial charge in [0.25, 0.3) is 0 Å². The smallest absolute Gasteiger partial charge is 0.244 e. The maximum atomic E-state index is 13.8. The van der Waals surface area contributed by atoms with Crippen molar-refractivity contribution in [3.8, 4) is 0 Å². The highest BCUT2D eigenvalue weighted by Gasteiger charge is 2.37. The van der Waals surface area contributed by atoms with Crippen LogP contribution in [0.25, 0.3) is 0 Å². The molecule has 0 radical (unpaired) electrons. The zero-order valence-electron chi connectivity index (χ0n) is 17.5.